The van der Waals surface area contributed by atoms with Crippen LogP contribution in [-0.4, -0.2) is 18.0 Å². The SMILES string of the molecule is O=S(=O)(O)[C@H](Nc1ccccn1)c1ccccc1. The van der Waals surface area contributed by atoms with Gasteiger partial charge in [0.2, 0.25) is 0 Å². The third-order valence-corrected chi connectivity index (χ3v) is 3.33. The lowest BCUT2D eigenvalue weighted by molar-refractivity contribution is 0.473. The van der Waals surface area contributed by atoms with Gasteiger partial charge in [0.1, 0.15) is 5.82 Å². The Morgan fingerprint density at radius 2 is 1.72 bits per heavy atom. The summed E-state index contributed by atoms with van der Waals surface area (Å²) >= 11 is 0. The van der Waals surface area contributed by atoms with E-state index in [2.05, 4.69) is 10.3 Å². The second-order valence-corrected chi connectivity index (χ2v) is 5.17. The van der Waals surface area contributed by atoms with Gasteiger partial charge in [-0.15, -0.1) is 0 Å². The van der Waals surface area contributed by atoms with Gasteiger partial charge >= 0.3 is 0 Å². The summed E-state index contributed by atoms with van der Waals surface area (Å²) in [6, 6.07) is 13.5. The van der Waals surface area contributed by atoms with Crippen molar-refractivity contribution < 1.29 is 13.0 Å². The summed E-state index contributed by atoms with van der Waals surface area (Å²) in [6.07, 6.45) is 1.54. The van der Waals surface area contributed by atoms with Crippen LogP contribution in [0.2, 0.25) is 0 Å². The smallest absolute Gasteiger partial charge is 0.290 e. The van der Waals surface area contributed by atoms with Gasteiger partial charge in [-0.25, -0.2) is 4.98 Å². The second-order valence-electron chi connectivity index (χ2n) is 3.67. The number of hydrogen-bond acceptors (Lipinski definition) is 4. The zero-order chi connectivity index (χ0) is 13.0. The molecule has 0 aliphatic carbocycles. The molecule has 94 valence electrons. The molecule has 0 saturated carbocycles. The van der Waals surface area contributed by atoms with Crippen LogP contribution in [0.4, 0.5) is 5.82 Å². The van der Waals surface area contributed by atoms with E-state index in [0.717, 1.165) is 0 Å². The molecule has 0 bridgehead atoms. The molecule has 6 heteroatoms. The lowest BCUT2D eigenvalue weighted by Crippen LogP contribution is -2.21. The van der Waals surface area contributed by atoms with Crippen LogP contribution >= 0.6 is 0 Å². The van der Waals surface area contributed by atoms with Crippen molar-refractivity contribution in [2.24, 2.45) is 0 Å². The molecule has 2 aromatic rings. The van der Waals surface area contributed by atoms with Crippen LogP contribution < -0.4 is 5.32 Å². The number of aromatic nitrogens is 1. The Labute approximate surface area is 105 Å². The van der Waals surface area contributed by atoms with Crippen LogP contribution in [0.1, 0.15) is 10.9 Å². The largest absolute Gasteiger partial charge is 0.348 e. The van der Waals surface area contributed by atoms with Gasteiger partial charge in [0.25, 0.3) is 10.1 Å². The van der Waals surface area contributed by atoms with Crippen molar-refractivity contribution in [3.8, 4) is 0 Å². The van der Waals surface area contributed by atoms with E-state index < -0.39 is 15.5 Å². The van der Waals surface area contributed by atoms with Gasteiger partial charge in [0.05, 0.1) is 0 Å². The van der Waals surface area contributed by atoms with E-state index >= 15 is 0 Å². The average Bonchev–Trinajstić information content (AvgIpc) is 2.37. The topological polar surface area (TPSA) is 79.3 Å². The molecular formula is C12H12N2O3S. The fraction of sp³-hybridized carbons (Fsp3) is 0.0833. The molecule has 1 heterocycles. The molecule has 0 spiro atoms. The molecule has 2 rings (SSSR count). The molecule has 2 N–H and O–H groups in total. The van der Waals surface area contributed by atoms with Crippen LogP contribution in [0.25, 0.3) is 0 Å². The maximum absolute atomic E-state index is 11.4. The summed E-state index contributed by atoms with van der Waals surface area (Å²) in [5.41, 5.74) is 0.450. The van der Waals surface area contributed by atoms with E-state index in [9.17, 15) is 13.0 Å². The summed E-state index contributed by atoms with van der Waals surface area (Å²) in [5.74, 6) is 0.379. The summed E-state index contributed by atoms with van der Waals surface area (Å²) in [5, 5.41) is 1.46. The summed E-state index contributed by atoms with van der Waals surface area (Å²) in [6.45, 7) is 0. The number of hydrogen-bond donors (Lipinski definition) is 2. The highest BCUT2D eigenvalue weighted by Gasteiger charge is 2.24. The molecule has 0 unspecified atom stereocenters. The Hall–Kier alpha value is -1.92. The number of anilines is 1. The van der Waals surface area contributed by atoms with Crippen molar-refractivity contribution in [3.05, 3.63) is 60.3 Å². The highest BCUT2D eigenvalue weighted by Crippen LogP contribution is 2.22. The lowest BCUT2D eigenvalue weighted by Gasteiger charge is -2.16. The summed E-state index contributed by atoms with van der Waals surface area (Å²) in [7, 11) is -4.27. The molecule has 1 aromatic heterocycles. The van der Waals surface area contributed by atoms with Crippen molar-refractivity contribution in [2.45, 2.75) is 5.37 Å². The fourth-order valence-electron chi connectivity index (χ4n) is 1.54. The molecule has 5 nitrogen and oxygen atoms in total. The van der Waals surface area contributed by atoms with Gasteiger partial charge in [0.15, 0.2) is 5.37 Å². The van der Waals surface area contributed by atoms with Crippen molar-refractivity contribution in [1.29, 1.82) is 0 Å². The molecule has 1 atom stereocenters. The van der Waals surface area contributed by atoms with Gasteiger partial charge in [-0.1, -0.05) is 36.4 Å². The monoisotopic (exact) mass is 264 g/mol. The molecule has 0 radical (unpaired) electrons. The molecular weight excluding hydrogens is 252 g/mol. The Morgan fingerprint density at radius 3 is 2.28 bits per heavy atom. The Kier molecular flexibility index (Phi) is 3.59. The van der Waals surface area contributed by atoms with Crippen LogP contribution in [0.3, 0.4) is 0 Å². The highest BCUT2D eigenvalue weighted by molar-refractivity contribution is 7.86. The van der Waals surface area contributed by atoms with Crippen molar-refractivity contribution >= 4 is 15.9 Å². The second kappa shape index (κ2) is 5.16. The molecule has 0 saturated heterocycles. The highest BCUT2D eigenvalue weighted by atomic mass is 32.2. The van der Waals surface area contributed by atoms with Gasteiger partial charge in [-0.2, -0.15) is 8.42 Å². The van der Waals surface area contributed by atoms with E-state index in [1.165, 1.54) is 6.20 Å². The number of benzene rings is 1. The van der Waals surface area contributed by atoms with Crippen molar-refractivity contribution in [2.75, 3.05) is 5.32 Å². The molecule has 0 aliphatic heterocycles. The van der Waals surface area contributed by atoms with Crippen molar-refractivity contribution in [3.63, 3.8) is 0 Å². The van der Waals surface area contributed by atoms with Crippen LogP contribution in [0, 0.1) is 0 Å². The first-order chi connectivity index (χ1) is 8.57. The molecule has 0 fully saturated rings. The van der Waals surface area contributed by atoms with Gasteiger partial charge < -0.3 is 5.32 Å². The minimum atomic E-state index is -4.27. The standard InChI is InChI=1S/C12H12N2O3S/c15-18(16,17)12(10-6-2-1-3-7-10)14-11-8-4-5-9-13-11/h1-9,12H,(H,13,14)(H,15,16,17)/t12-/m0/s1. The summed E-state index contributed by atoms with van der Waals surface area (Å²) in [4.78, 5) is 3.97. The Bertz CT molecular complexity index is 600. The maximum atomic E-state index is 11.4. The van der Waals surface area contributed by atoms with Crippen molar-refractivity contribution in [1.82, 2.24) is 4.98 Å². The first kappa shape index (κ1) is 12.5. The predicted octanol–water partition coefficient (Wildman–Crippen LogP) is 2.08. The van der Waals surface area contributed by atoms with E-state index in [-0.39, 0.29) is 0 Å². The zero-order valence-electron chi connectivity index (χ0n) is 9.39. The zero-order valence-corrected chi connectivity index (χ0v) is 10.2. The lowest BCUT2D eigenvalue weighted by atomic mass is 10.2. The molecule has 18 heavy (non-hydrogen) atoms. The summed E-state index contributed by atoms with van der Waals surface area (Å²) < 4.78 is 32.1. The number of nitrogens with one attached hydrogen (secondary N) is 1. The van der Waals surface area contributed by atoms with E-state index in [0.29, 0.717) is 11.4 Å². The number of nitrogens with zero attached hydrogens (tertiary/aromatic N) is 1. The van der Waals surface area contributed by atoms with Gasteiger partial charge in [-0.05, 0) is 17.7 Å². The quantitative estimate of drug-likeness (QED) is 0.826. The van der Waals surface area contributed by atoms with E-state index in [4.69, 9.17) is 0 Å². The van der Waals surface area contributed by atoms with Gasteiger partial charge in [-0.3, -0.25) is 4.55 Å². The van der Waals surface area contributed by atoms with E-state index in [1.54, 1.807) is 48.5 Å². The average molecular weight is 264 g/mol. The third kappa shape index (κ3) is 3.06. The normalized spacial score (nSPS) is 12.9. The van der Waals surface area contributed by atoms with E-state index in [1.807, 2.05) is 0 Å². The Morgan fingerprint density at radius 1 is 1.06 bits per heavy atom. The third-order valence-electron chi connectivity index (χ3n) is 2.34. The minimum Gasteiger partial charge on any atom is -0.348 e. The van der Waals surface area contributed by atoms with Crippen LogP contribution in [0.5, 0.6) is 0 Å². The first-order valence-corrected chi connectivity index (χ1v) is 6.76. The number of pyridine rings is 1. The Balaban J connectivity index is 2.34. The molecule has 0 amide bonds. The maximum Gasteiger partial charge on any atom is 0.290 e. The molecule has 0 aliphatic rings. The fourth-order valence-corrected chi connectivity index (χ4v) is 2.31. The van der Waals surface area contributed by atoms with Gasteiger partial charge in [0, 0.05) is 6.20 Å². The predicted molar refractivity (Wildman–Crippen MR) is 68.6 cm³/mol. The van der Waals surface area contributed by atoms with Crippen LogP contribution in [0.15, 0.2) is 54.7 Å². The molecule has 1 aromatic carbocycles. The van der Waals surface area contributed by atoms with Crippen LogP contribution in [-0.2, 0) is 10.1 Å². The number of rotatable bonds is 4. The first-order valence-electron chi connectivity index (χ1n) is 5.26. The minimum absolute atomic E-state index is 0.379.